The first kappa shape index (κ1) is 19.6. The molecule has 150 valence electrons. The molecule has 0 aliphatic rings. The van der Waals surface area contributed by atoms with Gasteiger partial charge in [-0.3, -0.25) is 4.79 Å². The lowest BCUT2D eigenvalue weighted by atomic mass is 10.0. The second kappa shape index (κ2) is 8.74. The molecule has 0 bridgehead atoms. The summed E-state index contributed by atoms with van der Waals surface area (Å²) in [6.07, 6.45) is 0. The van der Waals surface area contributed by atoms with Gasteiger partial charge in [-0.15, -0.1) is 10.2 Å². The largest absolute Gasteiger partial charge is 0.416 e. The van der Waals surface area contributed by atoms with Crippen LogP contribution in [0.25, 0.3) is 22.9 Å². The van der Waals surface area contributed by atoms with Gasteiger partial charge in [0.25, 0.3) is 5.91 Å². The fourth-order valence-corrected chi connectivity index (χ4v) is 3.25. The molecule has 0 radical (unpaired) electrons. The van der Waals surface area contributed by atoms with Gasteiger partial charge in [0.15, 0.2) is 0 Å². The number of rotatable bonds is 6. The van der Waals surface area contributed by atoms with Gasteiger partial charge in [0.2, 0.25) is 11.8 Å². The zero-order valence-corrected chi connectivity index (χ0v) is 17.0. The minimum absolute atomic E-state index is 0.102. The van der Waals surface area contributed by atoms with Gasteiger partial charge in [0.1, 0.15) is 0 Å². The molecular weight excluding hydrogens is 374 g/mol. The summed E-state index contributed by atoms with van der Waals surface area (Å²) in [6.45, 7) is 4.69. The number of benzene rings is 3. The van der Waals surface area contributed by atoms with Crippen molar-refractivity contribution < 1.29 is 9.21 Å². The fraction of sp³-hybridized carbons (Fsp3) is 0.160. The third kappa shape index (κ3) is 4.46. The van der Waals surface area contributed by atoms with E-state index in [1.807, 2.05) is 61.5 Å². The van der Waals surface area contributed by atoms with E-state index in [0.29, 0.717) is 23.9 Å². The summed E-state index contributed by atoms with van der Waals surface area (Å²) in [5.74, 6) is 1.05. The van der Waals surface area contributed by atoms with Gasteiger partial charge in [0, 0.05) is 23.2 Å². The van der Waals surface area contributed by atoms with Crippen molar-refractivity contribution >= 4 is 5.91 Å². The Morgan fingerprint density at radius 2 is 1.60 bits per heavy atom. The van der Waals surface area contributed by atoms with Crippen LogP contribution >= 0.6 is 0 Å². The molecule has 0 saturated carbocycles. The maximum atomic E-state index is 12.5. The minimum Gasteiger partial charge on any atom is -0.416 e. The van der Waals surface area contributed by atoms with Crippen molar-refractivity contribution in [2.24, 2.45) is 0 Å². The van der Waals surface area contributed by atoms with Crippen molar-refractivity contribution in [2.75, 3.05) is 6.54 Å². The van der Waals surface area contributed by atoms with Crippen LogP contribution in [0.5, 0.6) is 0 Å². The van der Waals surface area contributed by atoms with Crippen LogP contribution in [-0.2, 0) is 0 Å². The molecule has 30 heavy (non-hydrogen) atoms. The highest BCUT2D eigenvalue weighted by Gasteiger charge is 2.13. The summed E-state index contributed by atoms with van der Waals surface area (Å²) in [5.41, 5.74) is 4.59. The van der Waals surface area contributed by atoms with Gasteiger partial charge in [-0.05, 0) is 54.8 Å². The molecule has 1 amide bonds. The van der Waals surface area contributed by atoms with E-state index in [0.717, 1.165) is 16.7 Å². The predicted molar refractivity (Wildman–Crippen MR) is 117 cm³/mol. The van der Waals surface area contributed by atoms with E-state index in [-0.39, 0.29) is 11.8 Å². The highest BCUT2D eigenvalue weighted by atomic mass is 16.4. The van der Waals surface area contributed by atoms with Crippen LogP contribution in [0.2, 0.25) is 0 Å². The number of aryl methyl sites for hydroxylation is 1. The van der Waals surface area contributed by atoms with E-state index in [1.54, 1.807) is 12.1 Å². The summed E-state index contributed by atoms with van der Waals surface area (Å²) in [7, 11) is 0. The topological polar surface area (TPSA) is 68.0 Å². The summed E-state index contributed by atoms with van der Waals surface area (Å²) in [4.78, 5) is 12.5. The Morgan fingerprint density at radius 1 is 0.900 bits per heavy atom. The zero-order valence-electron chi connectivity index (χ0n) is 17.0. The smallest absolute Gasteiger partial charge is 0.251 e. The Bertz CT molecular complexity index is 1130. The number of nitrogens with one attached hydrogen (secondary N) is 1. The van der Waals surface area contributed by atoms with Crippen molar-refractivity contribution in [1.82, 2.24) is 15.5 Å². The summed E-state index contributed by atoms with van der Waals surface area (Å²) in [5, 5.41) is 11.3. The van der Waals surface area contributed by atoms with Gasteiger partial charge in [-0.25, -0.2) is 0 Å². The second-order valence-electron chi connectivity index (χ2n) is 7.38. The Labute approximate surface area is 175 Å². The van der Waals surface area contributed by atoms with Crippen LogP contribution in [0.4, 0.5) is 0 Å². The molecule has 1 aromatic heterocycles. The molecule has 1 atom stereocenters. The van der Waals surface area contributed by atoms with Crippen LogP contribution in [0.15, 0.2) is 83.3 Å². The minimum atomic E-state index is -0.102. The number of carbonyl (C=O) groups is 1. The Kier molecular flexibility index (Phi) is 5.70. The number of hydrogen-bond acceptors (Lipinski definition) is 4. The van der Waals surface area contributed by atoms with Crippen LogP contribution in [0, 0.1) is 6.92 Å². The van der Waals surface area contributed by atoms with Gasteiger partial charge in [0.05, 0.1) is 0 Å². The molecular formula is C25H23N3O2. The molecule has 1 heterocycles. The number of aromatic nitrogens is 2. The Balaban J connectivity index is 1.41. The molecule has 0 aliphatic heterocycles. The van der Waals surface area contributed by atoms with E-state index in [1.165, 1.54) is 5.56 Å². The van der Waals surface area contributed by atoms with Gasteiger partial charge < -0.3 is 9.73 Å². The number of hydrogen-bond donors (Lipinski definition) is 1. The standard InChI is InChI=1S/C25H23N3O2/c1-17-7-6-10-22(15-17)25-28-27-24(30-25)21-13-11-20(12-14-21)23(29)26-16-18(2)19-8-4-3-5-9-19/h3-15,18H,16H2,1-2H3,(H,26,29). The zero-order chi connectivity index (χ0) is 20.9. The molecule has 5 nitrogen and oxygen atoms in total. The van der Waals surface area contributed by atoms with E-state index >= 15 is 0 Å². The number of amides is 1. The first-order valence-corrected chi connectivity index (χ1v) is 9.94. The fourth-order valence-electron chi connectivity index (χ4n) is 3.25. The Hall–Kier alpha value is -3.73. The molecule has 4 rings (SSSR count). The van der Waals surface area contributed by atoms with Crippen molar-refractivity contribution in [3.05, 3.63) is 95.6 Å². The van der Waals surface area contributed by atoms with E-state index in [4.69, 9.17) is 4.42 Å². The van der Waals surface area contributed by atoms with Crippen LogP contribution in [0.1, 0.15) is 34.3 Å². The van der Waals surface area contributed by atoms with E-state index in [9.17, 15) is 4.79 Å². The average molecular weight is 397 g/mol. The maximum Gasteiger partial charge on any atom is 0.251 e. The van der Waals surface area contributed by atoms with Crippen LogP contribution < -0.4 is 5.32 Å². The van der Waals surface area contributed by atoms with Gasteiger partial charge in [-0.1, -0.05) is 55.0 Å². The SMILES string of the molecule is Cc1cccc(-c2nnc(-c3ccc(C(=O)NCC(C)c4ccccc4)cc3)o2)c1. The molecule has 0 spiro atoms. The van der Waals surface area contributed by atoms with Crippen molar-refractivity contribution in [1.29, 1.82) is 0 Å². The molecule has 5 heteroatoms. The highest BCUT2D eigenvalue weighted by molar-refractivity contribution is 5.94. The first-order chi connectivity index (χ1) is 14.6. The quantitative estimate of drug-likeness (QED) is 0.483. The van der Waals surface area contributed by atoms with E-state index < -0.39 is 0 Å². The van der Waals surface area contributed by atoms with Crippen molar-refractivity contribution in [3.8, 4) is 22.9 Å². The second-order valence-corrected chi connectivity index (χ2v) is 7.38. The molecule has 0 saturated heterocycles. The summed E-state index contributed by atoms with van der Waals surface area (Å²) < 4.78 is 5.82. The summed E-state index contributed by atoms with van der Waals surface area (Å²) >= 11 is 0. The Morgan fingerprint density at radius 3 is 2.30 bits per heavy atom. The maximum absolute atomic E-state index is 12.5. The third-order valence-corrected chi connectivity index (χ3v) is 5.02. The first-order valence-electron chi connectivity index (χ1n) is 9.94. The number of carbonyl (C=O) groups excluding carboxylic acids is 1. The van der Waals surface area contributed by atoms with Crippen LogP contribution in [0.3, 0.4) is 0 Å². The molecule has 1 unspecified atom stereocenters. The van der Waals surface area contributed by atoms with Gasteiger partial charge >= 0.3 is 0 Å². The molecule has 4 aromatic rings. The average Bonchev–Trinajstić information content (AvgIpc) is 3.28. The lowest BCUT2D eigenvalue weighted by Gasteiger charge is -2.13. The van der Waals surface area contributed by atoms with E-state index in [2.05, 4.69) is 34.6 Å². The van der Waals surface area contributed by atoms with Gasteiger partial charge in [-0.2, -0.15) is 0 Å². The lowest BCUT2D eigenvalue weighted by molar-refractivity contribution is 0.0951. The molecule has 0 aliphatic carbocycles. The molecule has 1 N–H and O–H groups in total. The normalized spacial score (nSPS) is 11.8. The van der Waals surface area contributed by atoms with Crippen molar-refractivity contribution in [3.63, 3.8) is 0 Å². The highest BCUT2D eigenvalue weighted by Crippen LogP contribution is 2.24. The third-order valence-electron chi connectivity index (χ3n) is 5.02. The summed E-state index contributed by atoms with van der Waals surface area (Å²) in [6, 6.07) is 25.3. The monoisotopic (exact) mass is 397 g/mol. The number of nitrogens with zero attached hydrogens (tertiary/aromatic N) is 2. The van der Waals surface area contributed by atoms with Crippen molar-refractivity contribution in [2.45, 2.75) is 19.8 Å². The molecule has 3 aromatic carbocycles. The van der Waals surface area contributed by atoms with Crippen LogP contribution in [-0.4, -0.2) is 22.6 Å². The predicted octanol–water partition coefficient (Wildman–Crippen LogP) is 5.25. The molecule has 0 fully saturated rings. The lowest BCUT2D eigenvalue weighted by Crippen LogP contribution is -2.27.